The molecule has 0 aromatic carbocycles. The van der Waals surface area contributed by atoms with Crippen molar-refractivity contribution in [1.82, 2.24) is 0 Å². The maximum absolute atomic E-state index is 3.78. The van der Waals surface area contributed by atoms with Gasteiger partial charge in [0.05, 0.1) is 0 Å². The van der Waals surface area contributed by atoms with Crippen LogP contribution in [0.1, 0.15) is 65.2 Å². The first-order chi connectivity index (χ1) is 5.83. The number of unbranched alkanes of at least 4 members (excludes halogenated alkanes) is 6. The Bertz CT molecular complexity index is 45.1. The van der Waals surface area contributed by atoms with Gasteiger partial charge in [-0.1, -0.05) is 52.4 Å². The van der Waals surface area contributed by atoms with Gasteiger partial charge >= 0.3 is 21.1 Å². The molecule has 0 aliphatic carbocycles. The summed E-state index contributed by atoms with van der Waals surface area (Å²) in [5.41, 5.74) is 0. The van der Waals surface area contributed by atoms with Crippen molar-refractivity contribution in [2.75, 3.05) is 0 Å². The van der Waals surface area contributed by atoms with Crippen molar-refractivity contribution in [3.63, 3.8) is 0 Å². The van der Waals surface area contributed by atoms with E-state index in [1.807, 2.05) is 0 Å². The summed E-state index contributed by atoms with van der Waals surface area (Å²) in [4.78, 5) is 0. The van der Waals surface area contributed by atoms with E-state index in [0.29, 0.717) is 0 Å². The Hall–Kier alpha value is 0.688. The number of rotatable bonds is 6. The van der Waals surface area contributed by atoms with E-state index >= 15 is 0 Å². The summed E-state index contributed by atoms with van der Waals surface area (Å²) in [7, 11) is 0. The molecule has 0 bridgehead atoms. The monoisotopic (exact) mass is 268 g/mol. The van der Waals surface area contributed by atoms with Crippen LogP contribution >= 0.6 is 0 Å². The van der Waals surface area contributed by atoms with E-state index in [9.17, 15) is 0 Å². The molecular weight excluding hydrogens is 240 g/mol. The first-order valence-electron chi connectivity index (χ1n) is 5.41. The molecule has 0 spiro atoms. The molecule has 0 fully saturated rings. The third-order valence-corrected chi connectivity index (χ3v) is 1.71. The van der Waals surface area contributed by atoms with Crippen molar-refractivity contribution < 1.29 is 21.1 Å². The average molecular weight is 266 g/mol. The summed E-state index contributed by atoms with van der Waals surface area (Å²) < 4.78 is 0. The topological polar surface area (TPSA) is 0 Å². The molecule has 0 rings (SSSR count). The predicted octanol–water partition coefficient (Wildman–Crippen LogP) is 4.80. The van der Waals surface area contributed by atoms with E-state index in [2.05, 4.69) is 27.7 Å². The SMILES string of the molecule is [CH2-]CCC.[CH2-]CCCCCCC.[Mo+2]. The van der Waals surface area contributed by atoms with E-state index in [0.717, 1.165) is 12.8 Å². The van der Waals surface area contributed by atoms with Gasteiger partial charge in [-0.3, -0.25) is 0 Å². The van der Waals surface area contributed by atoms with Gasteiger partial charge in [-0.05, 0) is 0 Å². The van der Waals surface area contributed by atoms with Crippen LogP contribution in [0.5, 0.6) is 0 Å². The summed E-state index contributed by atoms with van der Waals surface area (Å²) in [5.74, 6) is 0. The van der Waals surface area contributed by atoms with Crippen molar-refractivity contribution in [1.29, 1.82) is 0 Å². The van der Waals surface area contributed by atoms with Gasteiger partial charge in [0.1, 0.15) is 0 Å². The fraction of sp³-hybridized carbons (Fsp3) is 0.833. The van der Waals surface area contributed by atoms with E-state index in [4.69, 9.17) is 0 Å². The van der Waals surface area contributed by atoms with Crippen molar-refractivity contribution in [3.05, 3.63) is 13.8 Å². The molecular formula is C12H26Mo. The molecule has 0 saturated heterocycles. The Kier molecular flexibility index (Phi) is 34.1. The molecule has 80 valence electrons. The standard InChI is InChI=1S/C8H17.C4H9.Mo/c1-3-5-7-8-6-4-2;1-3-4-2;/h1,3-8H2,2H3;1,3-4H2,2H3;/q2*-1;+2. The molecule has 0 N–H and O–H groups in total. The molecule has 0 saturated carbocycles. The Morgan fingerprint density at radius 1 is 0.692 bits per heavy atom. The smallest absolute Gasteiger partial charge is 0.343 e. The molecule has 0 aromatic heterocycles. The van der Waals surface area contributed by atoms with Gasteiger partial charge < -0.3 is 13.8 Å². The minimum absolute atomic E-state index is 0. The zero-order chi connectivity index (χ0) is 9.66. The molecule has 0 heterocycles. The second kappa shape index (κ2) is 23.0. The van der Waals surface area contributed by atoms with E-state index in [1.54, 1.807) is 0 Å². The van der Waals surface area contributed by atoms with Crippen molar-refractivity contribution in [2.24, 2.45) is 0 Å². The second-order valence-corrected chi connectivity index (χ2v) is 3.12. The molecule has 0 aliphatic rings. The van der Waals surface area contributed by atoms with Crippen LogP contribution in [-0.2, 0) is 21.1 Å². The average Bonchev–Trinajstić information content (AvgIpc) is 2.13. The summed E-state index contributed by atoms with van der Waals surface area (Å²) >= 11 is 0. The maximum atomic E-state index is 3.78. The number of hydrogen-bond acceptors (Lipinski definition) is 0. The Morgan fingerprint density at radius 2 is 1.15 bits per heavy atom. The van der Waals surface area contributed by atoms with Gasteiger partial charge in [-0.25, -0.2) is 0 Å². The molecule has 0 radical (unpaired) electrons. The summed E-state index contributed by atoms with van der Waals surface area (Å²) in [6.45, 7) is 11.7. The van der Waals surface area contributed by atoms with Crippen molar-refractivity contribution in [2.45, 2.75) is 65.2 Å². The predicted molar refractivity (Wildman–Crippen MR) is 59.0 cm³/mol. The van der Waals surface area contributed by atoms with Crippen LogP contribution in [0.4, 0.5) is 0 Å². The van der Waals surface area contributed by atoms with Gasteiger partial charge in [0.25, 0.3) is 0 Å². The number of hydrogen-bond donors (Lipinski definition) is 0. The minimum atomic E-state index is 0. The Morgan fingerprint density at radius 3 is 1.46 bits per heavy atom. The maximum Gasteiger partial charge on any atom is 2.00 e. The largest absolute Gasteiger partial charge is 2.00 e. The first-order valence-corrected chi connectivity index (χ1v) is 5.41. The zero-order valence-corrected chi connectivity index (χ0v) is 11.5. The van der Waals surface area contributed by atoms with Crippen LogP contribution < -0.4 is 0 Å². The summed E-state index contributed by atoms with van der Waals surface area (Å²) in [6, 6.07) is 0. The van der Waals surface area contributed by atoms with Crippen LogP contribution in [0.3, 0.4) is 0 Å². The van der Waals surface area contributed by atoms with Crippen LogP contribution in [-0.4, -0.2) is 0 Å². The van der Waals surface area contributed by atoms with Gasteiger partial charge in [-0.2, -0.15) is 12.8 Å². The zero-order valence-electron chi connectivity index (χ0n) is 9.48. The van der Waals surface area contributed by atoms with Gasteiger partial charge in [0.15, 0.2) is 0 Å². The van der Waals surface area contributed by atoms with Crippen LogP contribution in [0.2, 0.25) is 0 Å². The Labute approximate surface area is 100 Å². The normalized spacial score (nSPS) is 8.31. The van der Waals surface area contributed by atoms with Crippen molar-refractivity contribution >= 4 is 0 Å². The van der Waals surface area contributed by atoms with Gasteiger partial charge in [-0.15, -0.1) is 0 Å². The third kappa shape index (κ3) is 32.4. The van der Waals surface area contributed by atoms with E-state index in [1.165, 1.54) is 38.5 Å². The van der Waals surface area contributed by atoms with Gasteiger partial charge in [0.2, 0.25) is 0 Å². The fourth-order valence-corrected chi connectivity index (χ4v) is 0.780. The van der Waals surface area contributed by atoms with E-state index < -0.39 is 0 Å². The van der Waals surface area contributed by atoms with Crippen LogP contribution in [0.15, 0.2) is 0 Å². The summed E-state index contributed by atoms with van der Waals surface area (Å²) in [6.07, 6.45) is 10.3. The molecule has 0 unspecified atom stereocenters. The molecule has 0 aromatic rings. The third-order valence-electron chi connectivity index (χ3n) is 1.71. The molecule has 13 heavy (non-hydrogen) atoms. The van der Waals surface area contributed by atoms with Crippen LogP contribution in [0.25, 0.3) is 0 Å². The van der Waals surface area contributed by atoms with Crippen LogP contribution in [0, 0.1) is 13.8 Å². The fourth-order valence-electron chi connectivity index (χ4n) is 0.780. The van der Waals surface area contributed by atoms with E-state index in [-0.39, 0.29) is 21.1 Å². The van der Waals surface area contributed by atoms with Crippen molar-refractivity contribution in [3.8, 4) is 0 Å². The Balaban J connectivity index is -0.000000173. The molecule has 0 amide bonds. The molecule has 0 atom stereocenters. The van der Waals surface area contributed by atoms with Gasteiger partial charge in [0, 0.05) is 0 Å². The second-order valence-electron chi connectivity index (χ2n) is 3.12. The quantitative estimate of drug-likeness (QED) is 0.368. The molecule has 0 nitrogen and oxygen atoms in total. The minimum Gasteiger partial charge on any atom is -0.343 e. The summed E-state index contributed by atoms with van der Waals surface area (Å²) in [5, 5.41) is 0. The molecule has 1 heteroatoms. The first kappa shape index (κ1) is 19.3. The molecule has 0 aliphatic heterocycles.